The summed E-state index contributed by atoms with van der Waals surface area (Å²) < 4.78 is 10.4. The van der Waals surface area contributed by atoms with Gasteiger partial charge in [-0.1, -0.05) is 0 Å². The average Bonchev–Trinajstić information content (AvgIpc) is 2.97. The zero-order valence-corrected chi connectivity index (χ0v) is 8.04. The third-order valence-electron chi connectivity index (χ3n) is 1.95. The van der Waals surface area contributed by atoms with Crippen LogP contribution in [0.4, 0.5) is 0 Å². The summed E-state index contributed by atoms with van der Waals surface area (Å²) in [5.41, 5.74) is 1.14. The maximum atomic E-state index is 5.40. The Bertz CT molecular complexity index is 589. The number of fused-ring (bicyclic) bond motifs is 1. The molecule has 16 heavy (non-hydrogen) atoms. The van der Waals surface area contributed by atoms with Crippen molar-refractivity contribution in [2.45, 2.75) is 6.61 Å². The number of aromatic amines is 1. The summed E-state index contributed by atoms with van der Waals surface area (Å²) in [5, 5.41) is 0. The molecule has 0 spiro atoms. The fraction of sp³-hybridized carbons (Fsp3) is 0.111. The largest absolute Gasteiger partial charge is 0.466 e. The summed E-state index contributed by atoms with van der Waals surface area (Å²) in [7, 11) is 0. The smallest absolute Gasteiger partial charge is 0.246 e. The Balaban J connectivity index is 1.86. The summed E-state index contributed by atoms with van der Waals surface area (Å²) in [6.07, 6.45) is 7.02. The van der Waals surface area contributed by atoms with E-state index in [-0.39, 0.29) is 6.61 Å². The summed E-state index contributed by atoms with van der Waals surface area (Å²) in [6.45, 7) is 0.194. The number of hydrogen-bond acceptors (Lipinski definition) is 6. The van der Waals surface area contributed by atoms with E-state index in [1.807, 2.05) is 0 Å². The van der Waals surface area contributed by atoms with E-state index in [0.717, 1.165) is 0 Å². The summed E-state index contributed by atoms with van der Waals surface area (Å²) in [4.78, 5) is 18.6. The number of ether oxygens (including phenoxy) is 1. The van der Waals surface area contributed by atoms with Gasteiger partial charge in [-0.3, -0.25) is 0 Å². The minimum absolute atomic E-state index is 0.194. The van der Waals surface area contributed by atoms with E-state index >= 15 is 0 Å². The minimum atomic E-state index is 0.194. The Morgan fingerprint density at radius 2 is 2.38 bits per heavy atom. The highest BCUT2D eigenvalue weighted by Crippen LogP contribution is 2.17. The lowest BCUT2D eigenvalue weighted by molar-refractivity contribution is 0.256. The average molecular weight is 216 g/mol. The second-order valence-corrected chi connectivity index (χ2v) is 2.94. The molecule has 7 heteroatoms. The van der Waals surface area contributed by atoms with E-state index < -0.39 is 0 Å². The van der Waals surface area contributed by atoms with Crippen LogP contribution in [-0.4, -0.2) is 24.9 Å². The van der Waals surface area contributed by atoms with Gasteiger partial charge in [-0.05, 0) is 0 Å². The van der Waals surface area contributed by atoms with Crippen LogP contribution in [0.2, 0.25) is 0 Å². The molecular weight excluding hydrogens is 210 g/mol. The molecule has 0 aliphatic carbocycles. The van der Waals surface area contributed by atoms with Gasteiger partial charge in [-0.2, -0.15) is 4.98 Å². The number of H-pyrrole nitrogens is 1. The fourth-order valence-electron chi connectivity index (χ4n) is 1.26. The molecule has 0 aromatic carbocycles. The molecule has 0 aliphatic rings. The Hall–Kier alpha value is -2.44. The highest BCUT2D eigenvalue weighted by Gasteiger charge is 2.08. The molecule has 1 N–H and O–H groups in total. The van der Waals surface area contributed by atoms with Crippen molar-refractivity contribution in [1.82, 2.24) is 24.9 Å². The van der Waals surface area contributed by atoms with E-state index in [9.17, 15) is 0 Å². The quantitative estimate of drug-likeness (QED) is 0.693. The molecule has 3 rings (SSSR count). The second-order valence-electron chi connectivity index (χ2n) is 2.94. The van der Waals surface area contributed by atoms with E-state index in [1.165, 1.54) is 12.6 Å². The molecule has 3 aromatic heterocycles. The van der Waals surface area contributed by atoms with Crippen molar-refractivity contribution in [3.8, 4) is 5.88 Å². The summed E-state index contributed by atoms with van der Waals surface area (Å²) in [6, 6.07) is 0. The predicted octanol–water partition coefficient (Wildman–Crippen LogP) is 0.720. The number of rotatable bonds is 3. The minimum Gasteiger partial charge on any atom is -0.466 e. The third-order valence-corrected chi connectivity index (χ3v) is 1.95. The number of oxazole rings is 1. The van der Waals surface area contributed by atoms with Crippen molar-refractivity contribution in [1.29, 1.82) is 0 Å². The Morgan fingerprint density at radius 3 is 3.25 bits per heavy atom. The first kappa shape index (κ1) is 8.84. The first-order valence-electron chi connectivity index (χ1n) is 4.52. The van der Waals surface area contributed by atoms with E-state index in [1.54, 1.807) is 6.20 Å². The lowest BCUT2D eigenvalue weighted by Gasteiger charge is -2.01. The molecule has 0 aliphatic heterocycles. The molecule has 1 radical (unpaired) electrons. The molecule has 7 nitrogen and oxygen atoms in total. The molecule has 0 atom stereocenters. The van der Waals surface area contributed by atoms with Crippen molar-refractivity contribution in [2.75, 3.05) is 0 Å². The maximum absolute atomic E-state index is 5.40. The van der Waals surface area contributed by atoms with Crippen LogP contribution in [0.3, 0.4) is 0 Å². The number of aromatic nitrogens is 5. The lowest BCUT2D eigenvalue weighted by Crippen LogP contribution is -1.98. The zero-order valence-electron chi connectivity index (χ0n) is 8.04. The molecule has 0 saturated heterocycles. The van der Waals surface area contributed by atoms with E-state index in [2.05, 4.69) is 31.2 Å². The SMILES string of the molecule is [c]1nc(OCc2ncco2)c2nc[nH]c2n1. The monoisotopic (exact) mass is 216 g/mol. The molecule has 3 aromatic rings. The van der Waals surface area contributed by atoms with Crippen molar-refractivity contribution in [3.63, 3.8) is 0 Å². The Morgan fingerprint density at radius 1 is 1.38 bits per heavy atom. The molecule has 0 amide bonds. The highest BCUT2D eigenvalue weighted by molar-refractivity contribution is 5.74. The number of imidazole rings is 1. The second kappa shape index (κ2) is 3.61. The third kappa shape index (κ3) is 1.48. The van der Waals surface area contributed by atoms with Gasteiger partial charge in [0.15, 0.2) is 17.8 Å². The fourth-order valence-corrected chi connectivity index (χ4v) is 1.26. The van der Waals surface area contributed by atoms with Crippen LogP contribution >= 0.6 is 0 Å². The summed E-state index contributed by atoms with van der Waals surface area (Å²) in [5.74, 6) is 0.826. The van der Waals surface area contributed by atoms with E-state index in [0.29, 0.717) is 22.9 Å². The lowest BCUT2D eigenvalue weighted by atomic mass is 10.5. The number of nitrogens with zero attached hydrogens (tertiary/aromatic N) is 4. The van der Waals surface area contributed by atoms with Crippen LogP contribution in [0.5, 0.6) is 5.88 Å². The van der Waals surface area contributed by atoms with E-state index in [4.69, 9.17) is 9.15 Å². The molecule has 0 bridgehead atoms. The van der Waals surface area contributed by atoms with Gasteiger partial charge in [-0.15, -0.1) is 0 Å². The van der Waals surface area contributed by atoms with Crippen molar-refractivity contribution in [2.24, 2.45) is 0 Å². The standard InChI is InChI=1S/C9H6N5O2/c1-2-15-6(10-1)3-16-9-7-8(12-4-11-7)13-5-14-9/h1-2,4H,3H2,(H,11,12,13,14). The highest BCUT2D eigenvalue weighted by atomic mass is 16.5. The molecule has 0 unspecified atom stereocenters. The maximum Gasteiger partial charge on any atom is 0.246 e. The van der Waals surface area contributed by atoms with Gasteiger partial charge >= 0.3 is 0 Å². The van der Waals surface area contributed by atoms with Crippen molar-refractivity contribution in [3.05, 3.63) is 31.0 Å². The van der Waals surface area contributed by atoms with Crippen molar-refractivity contribution < 1.29 is 9.15 Å². The first-order valence-corrected chi connectivity index (χ1v) is 4.52. The van der Waals surface area contributed by atoms with Crippen LogP contribution in [0.15, 0.2) is 23.2 Å². The van der Waals surface area contributed by atoms with Gasteiger partial charge < -0.3 is 14.1 Å². The Labute approximate surface area is 89.5 Å². The van der Waals surface area contributed by atoms with Gasteiger partial charge in [0.25, 0.3) is 0 Å². The molecule has 0 fully saturated rings. The van der Waals surface area contributed by atoms with Gasteiger partial charge in [0.2, 0.25) is 18.1 Å². The molecule has 3 heterocycles. The first-order chi connectivity index (χ1) is 7.93. The molecular formula is C9H6N5O2. The van der Waals surface area contributed by atoms with Crippen LogP contribution < -0.4 is 4.74 Å². The number of hydrogen-bond donors (Lipinski definition) is 1. The van der Waals surface area contributed by atoms with Gasteiger partial charge in [0.1, 0.15) is 6.26 Å². The van der Waals surface area contributed by atoms with Crippen LogP contribution in [0.1, 0.15) is 5.89 Å². The predicted molar refractivity (Wildman–Crippen MR) is 51.4 cm³/mol. The normalized spacial score (nSPS) is 10.8. The van der Waals surface area contributed by atoms with Gasteiger partial charge in [0, 0.05) is 0 Å². The Kier molecular flexibility index (Phi) is 1.99. The van der Waals surface area contributed by atoms with Gasteiger partial charge in [0.05, 0.1) is 12.5 Å². The molecule has 79 valence electrons. The van der Waals surface area contributed by atoms with Crippen molar-refractivity contribution >= 4 is 11.2 Å². The summed E-state index contributed by atoms with van der Waals surface area (Å²) >= 11 is 0. The topological polar surface area (TPSA) is 89.7 Å². The van der Waals surface area contributed by atoms with Crippen LogP contribution in [0.25, 0.3) is 11.2 Å². The molecule has 0 saturated carbocycles. The van der Waals surface area contributed by atoms with Crippen LogP contribution in [0, 0.1) is 6.33 Å². The van der Waals surface area contributed by atoms with Gasteiger partial charge in [-0.25, -0.2) is 15.0 Å². The zero-order chi connectivity index (χ0) is 10.8. The number of nitrogens with one attached hydrogen (secondary N) is 1. The van der Waals surface area contributed by atoms with Crippen LogP contribution in [-0.2, 0) is 6.61 Å².